The Labute approximate surface area is 158 Å². The first kappa shape index (κ1) is 16.9. The number of H-pyrrole nitrogens is 1. The molecular formula is C19H15N5O2S. The van der Waals surface area contributed by atoms with Gasteiger partial charge in [0.05, 0.1) is 11.2 Å². The molecule has 0 radical (unpaired) electrons. The van der Waals surface area contributed by atoms with E-state index < -0.39 is 0 Å². The fourth-order valence-corrected chi connectivity index (χ4v) is 3.40. The number of fused-ring (bicyclic) bond motifs is 1. The van der Waals surface area contributed by atoms with E-state index in [1.807, 2.05) is 53.9 Å². The molecule has 0 saturated carbocycles. The molecule has 0 aliphatic rings. The molecule has 3 N–H and O–H groups in total. The Hall–Kier alpha value is -3.52. The number of carbonyl (C=O) groups is 2. The highest BCUT2D eigenvalue weighted by molar-refractivity contribution is 7.14. The minimum absolute atomic E-state index is 0.118. The maximum absolute atomic E-state index is 12.5. The summed E-state index contributed by atoms with van der Waals surface area (Å²) < 4.78 is 0. The number of benzene rings is 2. The van der Waals surface area contributed by atoms with Gasteiger partial charge in [0.15, 0.2) is 10.8 Å². The van der Waals surface area contributed by atoms with E-state index in [4.69, 9.17) is 0 Å². The first-order valence-corrected chi connectivity index (χ1v) is 9.06. The first-order valence-electron chi connectivity index (χ1n) is 8.18. The largest absolute Gasteiger partial charge is 0.326 e. The van der Waals surface area contributed by atoms with Gasteiger partial charge in [-0.15, -0.1) is 11.3 Å². The maximum atomic E-state index is 12.5. The lowest BCUT2D eigenvalue weighted by atomic mass is 10.1. The van der Waals surface area contributed by atoms with Gasteiger partial charge in [0.1, 0.15) is 0 Å². The van der Waals surface area contributed by atoms with Gasteiger partial charge < -0.3 is 5.32 Å². The molecule has 0 fully saturated rings. The summed E-state index contributed by atoms with van der Waals surface area (Å²) in [6.07, 6.45) is 0. The van der Waals surface area contributed by atoms with Gasteiger partial charge in [-0.1, -0.05) is 30.3 Å². The minimum Gasteiger partial charge on any atom is -0.326 e. The first-order chi connectivity index (χ1) is 13.1. The van der Waals surface area contributed by atoms with Crippen molar-refractivity contribution >= 4 is 44.9 Å². The summed E-state index contributed by atoms with van der Waals surface area (Å²) in [4.78, 5) is 28.1. The van der Waals surface area contributed by atoms with Gasteiger partial charge in [0.25, 0.3) is 5.91 Å². The molecule has 0 aliphatic carbocycles. The molecule has 4 aromatic rings. The van der Waals surface area contributed by atoms with Gasteiger partial charge in [-0.05, 0) is 18.2 Å². The number of nitrogens with zero attached hydrogens (tertiary/aromatic N) is 2. The average Bonchev–Trinajstić information content (AvgIpc) is 3.29. The van der Waals surface area contributed by atoms with Crippen molar-refractivity contribution in [3.8, 4) is 11.3 Å². The summed E-state index contributed by atoms with van der Waals surface area (Å²) in [5.74, 6) is -0.429. The summed E-state index contributed by atoms with van der Waals surface area (Å²) >= 11 is 1.34. The van der Waals surface area contributed by atoms with E-state index in [2.05, 4.69) is 25.8 Å². The second-order valence-electron chi connectivity index (χ2n) is 5.87. The van der Waals surface area contributed by atoms with Crippen molar-refractivity contribution in [1.29, 1.82) is 0 Å². The number of aromatic amines is 1. The third-order valence-electron chi connectivity index (χ3n) is 3.91. The Kier molecular flexibility index (Phi) is 4.39. The molecule has 0 saturated heterocycles. The third-order valence-corrected chi connectivity index (χ3v) is 4.67. The molecule has 2 amide bonds. The van der Waals surface area contributed by atoms with E-state index in [9.17, 15) is 9.59 Å². The van der Waals surface area contributed by atoms with Crippen LogP contribution >= 0.6 is 11.3 Å². The van der Waals surface area contributed by atoms with Crippen molar-refractivity contribution in [2.45, 2.75) is 6.92 Å². The van der Waals surface area contributed by atoms with Crippen LogP contribution in [0.4, 0.5) is 10.8 Å². The second kappa shape index (κ2) is 7.00. The Morgan fingerprint density at radius 3 is 2.59 bits per heavy atom. The van der Waals surface area contributed by atoms with Crippen LogP contribution in [0.3, 0.4) is 0 Å². The van der Waals surface area contributed by atoms with Gasteiger partial charge in [0, 0.05) is 28.9 Å². The minimum atomic E-state index is -0.311. The van der Waals surface area contributed by atoms with Crippen LogP contribution in [0.1, 0.15) is 17.4 Å². The number of amides is 2. The van der Waals surface area contributed by atoms with Crippen molar-refractivity contribution in [1.82, 2.24) is 15.2 Å². The lowest BCUT2D eigenvalue weighted by Crippen LogP contribution is -2.12. The summed E-state index contributed by atoms with van der Waals surface area (Å²) in [5, 5.41) is 15.6. The highest BCUT2D eigenvalue weighted by atomic mass is 32.1. The molecule has 0 bridgehead atoms. The molecule has 0 atom stereocenters. The summed E-state index contributed by atoms with van der Waals surface area (Å²) in [6, 6.07) is 14.8. The van der Waals surface area contributed by atoms with Gasteiger partial charge >= 0.3 is 0 Å². The zero-order valence-corrected chi connectivity index (χ0v) is 15.1. The number of hydrogen-bond acceptors (Lipinski definition) is 5. The number of rotatable bonds is 4. The van der Waals surface area contributed by atoms with Gasteiger partial charge in [-0.25, -0.2) is 4.98 Å². The van der Waals surface area contributed by atoms with Crippen molar-refractivity contribution in [2.75, 3.05) is 10.6 Å². The van der Waals surface area contributed by atoms with E-state index in [1.54, 1.807) is 0 Å². The summed E-state index contributed by atoms with van der Waals surface area (Å²) in [7, 11) is 0. The molecule has 0 spiro atoms. The van der Waals surface area contributed by atoms with E-state index in [1.165, 1.54) is 18.3 Å². The molecule has 8 heteroatoms. The van der Waals surface area contributed by atoms with Crippen LogP contribution in [0, 0.1) is 0 Å². The van der Waals surface area contributed by atoms with Gasteiger partial charge in [-0.3, -0.25) is 20.0 Å². The summed E-state index contributed by atoms with van der Waals surface area (Å²) in [6.45, 7) is 1.46. The fraction of sp³-hybridized carbons (Fsp3) is 0.0526. The second-order valence-corrected chi connectivity index (χ2v) is 6.73. The van der Waals surface area contributed by atoms with Crippen molar-refractivity contribution < 1.29 is 9.59 Å². The fourth-order valence-electron chi connectivity index (χ4n) is 2.68. The highest BCUT2D eigenvalue weighted by Crippen LogP contribution is 2.26. The number of anilines is 2. The molecule has 2 heterocycles. The molecule has 0 unspecified atom stereocenters. The van der Waals surface area contributed by atoms with E-state index in [-0.39, 0.29) is 11.8 Å². The van der Waals surface area contributed by atoms with Crippen LogP contribution in [-0.4, -0.2) is 27.0 Å². The van der Waals surface area contributed by atoms with Crippen LogP contribution in [0.5, 0.6) is 0 Å². The van der Waals surface area contributed by atoms with E-state index in [0.29, 0.717) is 10.8 Å². The van der Waals surface area contributed by atoms with Crippen LogP contribution in [-0.2, 0) is 4.79 Å². The number of thiazole rings is 1. The normalized spacial score (nSPS) is 10.7. The molecular weight excluding hydrogens is 362 g/mol. The number of nitrogens with one attached hydrogen (secondary N) is 3. The zero-order valence-electron chi connectivity index (χ0n) is 14.3. The van der Waals surface area contributed by atoms with Crippen molar-refractivity contribution in [3.63, 3.8) is 0 Å². The Morgan fingerprint density at radius 2 is 1.81 bits per heavy atom. The lowest BCUT2D eigenvalue weighted by molar-refractivity contribution is -0.114. The van der Waals surface area contributed by atoms with Crippen molar-refractivity contribution in [2.24, 2.45) is 0 Å². The van der Waals surface area contributed by atoms with E-state index >= 15 is 0 Å². The number of carbonyl (C=O) groups excluding carboxylic acids is 2. The maximum Gasteiger partial charge on any atom is 0.278 e. The highest BCUT2D eigenvalue weighted by Gasteiger charge is 2.15. The lowest BCUT2D eigenvalue weighted by Gasteiger charge is -2.02. The Bertz CT molecular complexity index is 1130. The molecule has 134 valence electrons. The quantitative estimate of drug-likeness (QED) is 0.502. The molecule has 4 rings (SSSR count). The van der Waals surface area contributed by atoms with Crippen LogP contribution < -0.4 is 10.6 Å². The van der Waals surface area contributed by atoms with Crippen molar-refractivity contribution in [3.05, 3.63) is 59.6 Å². The average molecular weight is 377 g/mol. The smallest absolute Gasteiger partial charge is 0.278 e. The number of para-hydroxylation sites is 1. The van der Waals surface area contributed by atoms with Crippen LogP contribution in [0.15, 0.2) is 53.9 Å². The number of aromatic nitrogens is 3. The predicted octanol–water partition coefficient (Wildman–Crippen LogP) is 3.90. The molecule has 27 heavy (non-hydrogen) atoms. The summed E-state index contributed by atoms with van der Waals surface area (Å²) in [5.41, 5.74) is 3.51. The van der Waals surface area contributed by atoms with Gasteiger partial charge in [0.2, 0.25) is 5.91 Å². The number of hydrogen-bond donors (Lipinski definition) is 3. The Morgan fingerprint density at radius 1 is 1.04 bits per heavy atom. The van der Waals surface area contributed by atoms with Gasteiger partial charge in [-0.2, -0.15) is 5.10 Å². The van der Waals surface area contributed by atoms with Crippen LogP contribution in [0.25, 0.3) is 22.2 Å². The molecule has 0 aliphatic heterocycles. The standard InChI is InChI=1S/C19H15N5O2S/c1-11(25)20-13-8-6-12(7-9-13)16-10-27-19(21-16)22-18(26)17-14-4-2-3-5-15(14)23-24-17/h2-10H,1H3,(H,20,25)(H,23,24)(H,21,22,26). The topological polar surface area (TPSA) is 99.8 Å². The molecule has 2 aromatic carbocycles. The predicted molar refractivity (Wildman–Crippen MR) is 106 cm³/mol. The van der Waals surface area contributed by atoms with Crippen LogP contribution in [0.2, 0.25) is 0 Å². The third kappa shape index (κ3) is 3.56. The zero-order chi connectivity index (χ0) is 18.8. The van der Waals surface area contributed by atoms with E-state index in [0.717, 1.165) is 27.8 Å². The molecule has 7 nitrogen and oxygen atoms in total. The SMILES string of the molecule is CC(=O)Nc1ccc(-c2csc(NC(=O)c3n[nH]c4ccccc34)n2)cc1. The molecule has 2 aromatic heterocycles. The monoisotopic (exact) mass is 377 g/mol. The Balaban J connectivity index is 1.51.